The molecule has 3 aromatic rings. The van der Waals surface area contributed by atoms with E-state index in [-0.39, 0.29) is 17.4 Å². The second kappa shape index (κ2) is 12.5. The molecule has 1 N–H and O–H groups in total. The first-order chi connectivity index (χ1) is 26.1. The van der Waals surface area contributed by atoms with Gasteiger partial charge >= 0.3 is 0 Å². The first kappa shape index (κ1) is 37.1. The number of likely N-dealkylation sites (tertiary alicyclic amines) is 1. The van der Waals surface area contributed by atoms with E-state index in [2.05, 4.69) is 21.4 Å². The summed E-state index contributed by atoms with van der Waals surface area (Å²) in [6, 6.07) is 11.7. The topological polar surface area (TPSA) is 144 Å². The molecule has 5 fully saturated rings. The molecule has 3 saturated heterocycles. The minimum atomic E-state index is -3.86. The molecule has 55 heavy (non-hydrogen) atoms. The van der Waals surface area contributed by atoms with Crippen molar-refractivity contribution in [3.05, 3.63) is 53.1 Å². The zero-order valence-corrected chi connectivity index (χ0v) is 34.0. The number of carbonyl (C=O) groups is 2. The minimum absolute atomic E-state index is 0.0636. The van der Waals surface area contributed by atoms with Crippen LogP contribution in [0.25, 0.3) is 22.2 Å². The first-order valence-electron chi connectivity index (χ1n) is 19.8. The summed E-state index contributed by atoms with van der Waals surface area (Å²) < 4.78 is 70.2. The Bertz CT molecular complexity index is 2330. The van der Waals surface area contributed by atoms with Gasteiger partial charge in [0.25, 0.3) is 5.91 Å². The lowest BCUT2D eigenvalue weighted by Crippen LogP contribution is -2.45. The number of sulfonamides is 2. The standard InChI is InChI=1S/C41H52N4O8S2/c1-25(2)54(48,49)42-37(46)28-11-13-31-34(15-28)45-22-41(38(47)43-18-39-20-44(55(50,51)26(3)4)21-40(39,19-43)24-53-23-39)17-33(41)32-16-29(52-5)12-14-30(32)36(45)35(31)27-9-7-6-8-10-27/h11-16,25-27,33H,6-10,17-24H2,1-5H3,(H,42,46)/t33-,39?,40?,41-/m0/s1. The predicted octanol–water partition coefficient (Wildman–Crippen LogP) is 5.22. The highest BCUT2D eigenvalue weighted by Crippen LogP contribution is 2.67. The normalized spacial score (nSPS) is 29.1. The molecule has 2 saturated carbocycles. The summed E-state index contributed by atoms with van der Waals surface area (Å²) in [7, 11) is -5.67. The molecule has 4 aliphatic heterocycles. The molecule has 4 atom stereocenters. The molecule has 0 radical (unpaired) electrons. The number of fused-ring (bicyclic) bond motifs is 7. The van der Waals surface area contributed by atoms with E-state index in [1.54, 1.807) is 31.3 Å². The number of hydrogen-bond donors (Lipinski definition) is 1. The molecule has 6 aliphatic rings. The number of benzene rings is 2. The molecule has 9 rings (SSSR count). The van der Waals surface area contributed by atoms with Crippen LogP contribution >= 0.6 is 0 Å². The van der Waals surface area contributed by atoms with Gasteiger partial charge in [-0.15, -0.1) is 0 Å². The van der Waals surface area contributed by atoms with Crippen LogP contribution < -0.4 is 9.46 Å². The van der Waals surface area contributed by atoms with Crippen LogP contribution in [0.5, 0.6) is 5.75 Å². The molecule has 2 amide bonds. The highest BCUT2D eigenvalue weighted by molar-refractivity contribution is 7.90. The van der Waals surface area contributed by atoms with E-state index in [4.69, 9.17) is 9.47 Å². The van der Waals surface area contributed by atoms with Crippen LogP contribution in [-0.2, 0) is 36.1 Å². The Balaban J connectivity index is 1.16. The van der Waals surface area contributed by atoms with Gasteiger partial charge in [0.05, 0.1) is 41.9 Å². The summed E-state index contributed by atoms with van der Waals surface area (Å²) in [6.45, 7) is 9.33. The van der Waals surface area contributed by atoms with E-state index in [0.717, 1.165) is 59.2 Å². The van der Waals surface area contributed by atoms with Gasteiger partial charge in [0.2, 0.25) is 26.0 Å². The van der Waals surface area contributed by atoms with Crippen molar-refractivity contribution in [3.63, 3.8) is 0 Å². The lowest BCUT2D eigenvalue weighted by molar-refractivity contribution is -0.138. The fourth-order valence-corrected chi connectivity index (χ4v) is 12.9. The molecule has 0 spiro atoms. The lowest BCUT2D eigenvalue weighted by atomic mass is 9.71. The molecule has 14 heteroatoms. The van der Waals surface area contributed by atoms with Crippen molar-refractivity contribution in [2.75, 3.05) is 46.5 Å². The van der Waals surface area contributed by atoms with Crippen molar-refractivity contribution < 1.29 is 35.9 Å². The molecular formula is C41H52N4O8S2. The summed E-state index contributed by atoms with van der Waals surface area (Å²) in [5.74, 6) is 0.359. The number of rotatable bonds is 8. The number of ether oxygens (including phenoxy) is 2. The predicted molar refractivity (Wildman–Crippen MR) is 209 cm³/mol. The average molecular weight is 793 g/mol. The van der Waals surface area contributed by atoms with Crippen LogP contribution in [0.4, 0.5) is 0 Å². The van der Waals surface area contributed by atoms with E-state index in [9.17, 15) is 21.6 Å². The van der Waals surface area contributed by atoms with Gasteiger partial charge in [0.15, 0.2) is 0 Å². The molecular weight excluding hydrogens is 741 g/mol. The van der Waals surface area contributed by atoms with Gasteiger partial charge in [-0.25, -0.2) is 25.9 Å². The zero-order chi connectivity index (χ0) is 38.9. The van der Waals surface area contributed by atoms with Crippen molar-refractivity contribution in [2.24, 2.45) is 16.2 Å². The summed E-state index contributed by atoms with van der Waals surface area (Å²) in [5, 5.41) is -0.269. The molecule has 2 aliphatic carbocycles. The van der Waals surface area contributed by atoms with E-state index in [1.165, 1.54) is 25.8 Å². The Morgan fingerprint density at radius 3 is 2.20 bits per heavy atom. The van der Waals surface area contributed by atoms with Crippen LogP contribution in [0, 0.1) is 16.2 Å². The molecule has 12 nitrogen and oxygen atoms in total. The van der Waals surface area contributed by atoms with Crippen molar-refractivity contribution in [3.8, 4) is 17.0 Å². The second-order valence-electron chi connectivity index (χ2n) is 17.9. The number of nitrogens with zero attached hydrogens (tertiary/aromatic N) is 3. The Morgan fingerprint density at radius 1 is 0.873 bits per heavy atom. The lowest BCUT2D eigenvalue weighted by Gasteiger charge is -2.30. The summed E-state index contributed by atoms with van der Waals surface area (Å²) >= 11 is 0. The van der Waals surface area contributed by atoms with Crippen molar-refractivity contribution in [1.29, 1.82) is 0 Å². The van der Waals surface area contributed by atoms with Crippen LogP contribution in [0.3, 0.4) is 0 Å². The quantitative estimate of drug-likeness (QED) is 0.327. The summed E-state index contributed by atoms with van der Waals surface area (Å²) in [6.07, 6.45) is 6.19. The van der Waals surface area contributed by atoms with Crippen LogP contribution in [0.2, 0.25) is 0 Å². The Kier molecular flexibility index (Phi) is 8.45. The van der Waals surface area contributed by atoms with Gasteiger partial charge in [-0.1, -0.05) is 25.3 Å². The number of hydrogen-bond acceptors (Lipinski definition) is 8. The molecule has 0 bridgehead atoms. The van der Waals surface area contributed by atoms with Crippen molar-refractivity contribution in [1.82, 2.24) is 18.5 Å². The summed E-state index contributed by atoms with van der Waals surface area (Å²) in [4.78, 5) is 30.9. The number of aromatic nitrogens is 1. The van der Waals surface area contributed by atoms with Crippen LogP contribution in [-0.4, -0.2) is 99.4 Å². The number of nitrogens with one attached hydrogen (secondary N) is 1. The van der Waals surface area contributed by atoms with Gasteiger partial charge in [-0.2, -0.15) is 0 Å². The third-order valence-electron chi connectivity index (χ3n) is 14.1. The third-order valence-corrected chi connectivity index (χ3v) is 18.0. The maximum Gasteiger partial charge on any atom is 0.264 e. The number of amides is 2. The smallest absolute Gasteiger partial charge is 0.264 e. The molecule has 2 unspecified atom stereocenters. The van der Waals surface area contributed by atoms with Gasteiger partial charge in [0, 0.05) is 71.5 Å². The molecule has 1 aromatic heterocycles. The van der Waals surface area contributed by atoms with Crippen LogP contribution in [0.15, 0.2) is 36.4 Å². The van der Waals surface area contributed by atoms with E-state index in [1.807, 2.05) is 23.1 Å². The molecule has 5 heterocycles. The highest BCUT2D eigenvalue weighted by atomic mass is 32.2. The van der Waals surface area contributed by atoms with Gasteiger partial charge in [0.1, 0.15) is 5.75 Å². The van der Waals surface area contributed by atoms with Gasteiger partial charge in [-0.3, -0.25) is 9.59 Å². The fourth-order valence-electron chi connectivity index (χ4n) is 10.9. The third kappa shape index (κ3) is 5.40. The summed E-state index contributed by atoms with van der Waals surface area (Å²) in [5.41, 5.74) is 3.83. The van der Waals surface area contributed by atoms with Crippen molar-refractivity contribution >= 4 is 42.8 Å². The van der Waals surface area contributed by atoms with Gasteiger partial charge in [-0.05, 0) is 94.3 Å². The average Bonchev–Trinajstić information content (AvgIpc) is 3.33. The Labute approximate surface area is 324 Å². The van der Waals surface area contributed by atoms with Gasteiger partial charge < -0.3 is 18.9 Å². The number of carbonyl (C=O) groups excluding carboxylic acids is 2. The largest absolute Gasteiger partial charge is 0.497 e. The highest BCUT2D eigenvalue weighted by Gasteiger charge is 2.71. The number of methoxy groups -OCH3 is 1. The molecule has 296 valence electrons. The Hall–Kier alpha value is -3.46. The SMILES string of the molecule is COc1ccc2c(c1)[C@@H]1C[C@]1(C(=O)N1CC34COCC3(C1)CN(S(=O)(=O)C(C)C)C4)Cn1c-2c(C2CCCCC2)c2ccc(C(=O)NS(=O)(=O)C(C)C)cc21. The van der Waals surface area contributed by atoms with E-state index >= 15 is 4.79 Å². The van der Waals surface area contributed by atoms with Crippen LogP contribution in [0.1, 0.15) is 99.5 Å². The van der Waals surface area contributed by atoms with E-state index in [0.29, 0.717) is 58.3 Å². The molecule has 2 aromatic carbocycles. The van der Waals surface area contributed by atoms with E-state index < -0.39 is 52.7 Å². The first-order valence-corrected chi connectivity index (χ1v) is 22.9. The fraction of sp³-hybridized carbons (Fsp3) is 0.610. The van der Waals surface area contributed by atoms with Crippen molar-refractivity contribution in [2.45, 2.75) is 95.1 Å². The second-order valence-corrected chi connectivity index (χ2v) is 22.6. The zero-order valence-electron chi connectivity index (χ0n) is 32.4. The minimum Gasteiger partial charge on any atom is -0.497 e. The maximum absolute atomic E-state index is 15.4. The Morgan fingerprint density at radius 2 is 1.56 bits per heavy atom. The monoisotopic (exact) mass is 792 g/mol. The maximum atomic E-state index is 15.4.